The molecule has 0 radical (unpaired) electrons. The molecule has 0 unspecified atom stereocenters. The minimum atomic E-state index is -0.109. The Morgan fingerprint density at radius 3 is 1.26 bits per heavy atom. The van der Waals surface area contributed by atoms with Crippen molar-refractivity contribution in [3.05, 3.63) is 153 Å². The highest BCUT2D eigenvalue weighted by Crippen LogP contribution is 2.57. The third-order valence-corrected chi connectivity index (χ3v) is 14.2. The first kappa shape index (κ1) is 31.8. The molecular weight excluding hydrogens is 796 g/mol. The van der Waals surface area contributed by atoms with Crippen LogP contribution in [0.3, 0.4) is 0 Å². The van der Waals surface area contributed by atoms with Gasteiger partial charge in [-0.1, -0.05) is 157 Å². The van der Waals surface area contributed by atoms with E-state index in [0.29, 0.717) is 0 Å². The molecule has 2 aliphatic rings. The van der Waals surface area contributed by atoms with Gasteiger partial charge in [0, 0.05) is 41.7 Å². The Morgan fingerprint density at radius 1 is 0.415 bits per heavy atom. The van der Waals surface area contributed by atoms with Crippen LogP contribution >= 0.6 is 43.2 Å². The quantitative estimate of drug-likeness (QED) is 0.162. The van der Waals surface area contributed by atoms with Crippen molar-refractivity contribution >= 4 is 86.8 Å². The van der Waals surface area contributed by atoms with Crippen molar-refractivity contribution in [1.29, 1.82) is 0 Å². The Labute approximate surface area is 328 Å². The van der Waals surface area contributed by atoms with Gasteiger partial charge >= 0.3 is 0 Å². The lowest BCUT2D eigenvalue weighted by molar-refractivity contribution is 0.660. The molecule has 2 aliphatic carbocycles. The van der Waals surface area contributed by atoms with E-state index in [1.54, 1.807) is 0 Å². The molecular formula is C48H32Br2N2S. The Bertz CT molecular complexity index is 2890. The highest BCUT2D eigenvalue weighted by molar-refractivity contribution is 9.10. The van der Waals surface area contributed by atoms with Crippen LogP contribution in [0.25, 0.3) is 86.7 Å². The molecule has 254 valence electrons. The summed E-state index contributed by atoms with van der Waals surface area (Å²) in [5.41, 5.74) is 16.7. The van der Waals surface area contributed by atoms with Gasteiger partial charge in [-0.25, -0.2) is 9.97 Å². The summed E-state index contributed by atoms with van der Waals surface area (Å²) in [6, 6.07) is 44.6. The number of fused-ring (bicyclic) bond motifs is 13. The summed E-state index contributed by atoms with van der Waals surface area (Å²) >= 11 is 9.37. The molecule has 9 aromatic rings. The van der Waals surface area contributed by atoms with E-state index in [1.807, 2.05) is 11.3 Å². The van der Waals surface area contributed by atoms with Crippen molar-refractivity contribution in [2.45, 2.75) is 38.5 Å². The Balaban J connectivity index is 1.32. The van der Waals surface area contributed by atoms with Gasteiger partial charge in [-0.2, -0.15) is 0 Å². The van der Waals surface area contributed by atoms with Crippen molar-refractivity contribution in [1.82, 2.24) is 9.97 Å². The zero-order chi connectivity index (χ0) is 36.0. The normalized spacial score (nSPS) is 14.9. The molecule has 0 fully saturated rings. The van der Waals surface area contributed by atoms with E-state index in [-0.39, 0.29) is 10.8 Å². The van der Waals surface area contributed by atoms with E-state index in [0.717, 1.165) is 62.3 Å². The molecule has 7 aromatic carbocycles. The van der Waals surface area contributed by atoms with Crippen LogP contribution in [-0.2, 0) is 10.8 Å². The molecule has 0 spiro atoms. The van der Waals surface area contributed by atoms with Gasteiger partial charge in [0.2, 0.25) is 0 Å². The first-order valence-electron chi connectivity index (χ1n) is 18.0. The molecule has 5 heteroatoms. The number of benzene rings is 7. The van der Waals surface area contributed by atoms with Gasteiger partial charge in [0.25, 0.3) is 0 Å². The highest BCUT2D eigenvalue weighted by Gasteiger charge is 2.39. The molecule has 0 bridgehead atoms. The summed E-state index contributed by atoms with van der Waals surface area (Å²) in [5, 5.41) is 4.51. The smallest absolute Gasteiger partial charge is 0.109 e. The molecule has 0 atom stereocenters. The van der Waals surface area contributed by atoms with Crippen molar-refractivity contribution < 1.29 is 0 Å². The fraction of sp³-hybridized carbons (Fsp3) is 0.125. The first-order valence-corrected chi connectivity index (χ1v) is 20.5. The Kier molecular flexibility index (Phi) is 6.57. The van der Waals surface area contributed by atoms with Gasteiger partial charge in [-0.05, 0) is 79.5 Å². The van der Waals surface area contributed by atoms with Crippen molar-refractivity contribution in [2.75, 3.05) is 0 Å². The Hall–Kier alpha value is -4.68. The largest absolute Gasteiger partial charge is 0.242 e. The Morgan fingerprint density at radius 2 is 0.811 bits per heavy atom. The van der Waals surface area contributed by atoms with Gasteiger partial charge in [0.1, 0.15) is 11.0 Å². The number of hydrogen-bond acceptors (Lipinski definition) is 3. The summed E-state index contributed by atoms with van der Waals surface area (Å²) in [5.74, 6) is 0. The number of thiophene rings is 1. The predicted molar refractivity (Wildman–Crippen MR) is 231 cm³/mol. The lowest BCUT2D eigenvalue weighted by Crippen LogP contribution is -2.14. The van der Waals surface area contributed by atoms with Gasteiger partial charge in [-0.3, -0.25) is 0 Å². The van der Waals surface area contributed by atoms with Crippen LogP contribution in [0.2, 0.25) is 0 Å². The SMILES string of the molecule is CC1(C)c2ccccc2-c2c(-c3sc(-c4cccc5c4-c4ccccc4C5(C)C)c4nc5c6ccc(Br)cc6c6cc(Br)ccc6c5nc34)cccc21. The van der Waals surface area contributed by atoms with Crippen LogP contribution < -0.4 is 0 Å². The van der Waals surface area contributed by atoms with Crippen molar-refractivity contribution in [3.63, 3.8) is 0 Å². The van der Waals surface area contributed by atoms with E-state index < -0.39 is 0 Å². The number of rotatable bonds is 2. The molecule has 11 rings (SSSR count). The molecule has 2 aromatic heterocycles. The van der Waals surface area contributed by atoms with E-state index in [1.165, 1.54) is 55.6 Å². The molecule has 0 aliphatic heterocycles. The lowest BCUT2D eigenvalue weighted by atomic mass is 9.82. The average molecular weight is 829 g/mol. The van der Waals surface area contributed by atoms with Gasteiger partial charge in [0.15, 0.2) is 0 Å². The molecule has 0 N–H and O–H groups in total. The molecule has 0 saturated carbocycles. The van der Waals surface area contributed by atoms with Crippen LogP contribution in [0.5, 0.6) is 0 Å². The first-order chi connectivity index (χ1) is 25.6. The third kappa shape index (κ3) is 4.24. The number of halogens is 2. The van der Waals surface area contributed by atoms with E-state index in [9.17, 15) is 0 Å². The summed E-state index contributed by atoms with van der Waals surface area (Å²) in [6.07, 6.45) is 0. The van der Waals surface area contributed by atoms with Crippen LogP contribution in [0, 0.1) is 0 Å². The van der Waals surface area contributed by atoms with Crippen molar-refractivity contribution in [2.24, 2.45) is 0 Å². The lowest BCUT2D eigenvalue weighted by Gasteiger charge is -2.21. The number of aromatic nitrogens is 2. The van der Waals surface area contributed by atoms with E-state index in [2.05, 4.69) is 181 Å². The summed E-state index contributed by atoms with van der Waals surface area (Å²) in [6.45, 7) is 9.42. The average Bonchev–Trinajstić information content (AvgIpc) is 3.74. The third-order valence-electron chi connectivity index (χ3n) is 12.0. The van der Waals surface area contributed by atoms with E-state index >= 15 is 0 Å². The maximum absolute atomic E-state index is 5.74. The second kappa shape index (κ2) is 10.9. The summed E-state index contributed by atoms with van der Waals surface area (Å²) in [4.78, 5) is 13.8. The fourth-order valence-corrected chi connectivity index (χ4v) is 11.4. The highest BCUT2D eigenvalue weighted by atomic mass is 79.9. The minimum Gasteiger partial charge on any atom is -0.242 e. The molecule has 0 amide bonds. The van der Waals surface area contributed by atoms with Crippen LogP contribution in [0.1, 0.15) is 49.9 Å². The van der Waals surface area contributed by atoms with Crippen LogP contribution in [0.4, 0.5) is 0 Å². The molecule has 53 heavy (non-hydrogen) atoms. The number of nitrogens with zero attached hydrogens (tertiary/aromatic N) is 2. The zero-order valence-corrected chi connectivity index (χ0v) is 33.6. The second-order valence-electron chi connectivity index (χ2n) is 15.6. The van der Waals surface area contributed by atoms with Crippen LogP contribution in [0.15, 0.2) is 130 Å². The van der Waals surface area contributed by atoms with Crippen LogP contribution in [-0.4, -0.2) is 9.97 Å². The van der Waals surface area contributed by atoms with Gasteiger partial charge in [-0.15, -0.1) is 11.3 Å². The monoisotopic (exact) mass is 826 g/mol. The zero-order valence-electron chi connectivity index (χ0n) is 29.6. The topological polar surface area (TPSA) is 25.8 Å². The fourth-order valence-electron chi connectivity index (χ4n) is 9.47. The maximum atomic E-state index is 5.74. The second-order valence-corrected chi connectivity index (χ2v) is 18.4. The van der Waals surface area contributed by atoms with E-state index in [4.69, 9.17) is 9.97 Å². The predicted octanol–water partition coefficient (Wildman–Crippen LogP) is 14.6. The van der Waals surface area contributed by atoms with Gasteiger partial charge < -0.3 is 0 Å². The summed E-state index contributed by atoms with van der Waals surface area (Å²) < 4.78 is 2.08. The van der Waals surface area contributed by atoms with Gasteiger partial charge in [0.05, 0.1) is 20.8 Å². The maximum Gasteiger partial charge on any atom is 0.109 e. The van der Waals surface area contributed by atoms with Crippen molar-refractivity contribution in [3.8, 4) is 43.1 Å². The number of hydrogen-bond donors (Lipinski definition) is 0. The standard InChI is InChI=1S/C48H32Br2N2S/c1-47(2)35-15-7-5-11-29(35)39-31(13-9-17-37(39)47)45-43-44(46(53-45)32-14-10-18-38-40(32)30-12-6-8-16-36(30)48(38,3)4)52-42-28-22-20-26(50)24-34(28)33-23-25(49)19-21-27(33)41(42)51-43/h5-24H,1-4H3. The summed E-state index contributed by atoms with van der Waals surface area (Å²) in [7, 11) is 0. The minimum absolute atomic E-state index is 0.109. The molecule has 2 heterocycles. The molecule has 0 saturated heterocycles. The molecule has 2 nitrogen and oxygen atoms in total.